The first-order chi connectivity index (χ1) is 5.15. The van der Waals surface area contributed by atoms with Gasteiger partial charge in [-0.1, -0.05) is 0 Å². The Kier molecular flexibility index (Phi) is 4.23. The molecule has 0 radical (unpaired) electrons. The zero-order chi connectivity index (χ0) is 8.43. The average molecular weight is 208 g/mol. The molecule has 0 amide bonds. The summed E-state index contributed by atoms with van der Waals surface area (Å²) >= 11 is 1.27. The molecule has 68 valence electrons. The summed E-state index contributed by atoms with van der Waals surface area (Å²) < 4.78 is 0. The Labute approximate surface area is 80.6 Å². The summed E-state index contributed by atoms with van der Waals surface area (Å²) in [5.74, 6) is -0.877. The smallest absolute Gasteiger partial charge is 0.345 e. The summed E-state index contributed by atoms with van der Waals surface area (Å²) in [5.41, 5.74) is 6.30. The normalized spacial score (nSPS) is 9.17. The van der Waals surface area contributed by atoms with Gasteiger partial charge in [-0.25, -0.2) is 4.79 Å². The van der Waals surface area contributed by atoms with Crippen LogP contribution in [0.1, 0.15) is 20.1 Å². The summed E-state index contributed by atoms with van der Waals surface area (Å²) in [6.07, 6.45) is 0. The minimum atomic E-state index is -0.877. The molecule has 0 spiro atoms. The van der Waals surface area contributed by atoms with Crippen LogP contribution in [0.5, 0.6) is 0 Å². The number of aryl methyl sites for hydroxylation is 1. The molecule has 1 heterocycles. The highest BCUT2D eigenvalue weighted by Gasteiger charge is 2.08. The first kappa shape index (κ1) is 11.4. The third-order valence-electron chi connectivity index (χ3n) is 1.45. The van der Waals surface area contributed by atoms with Crippen LogP contribution in [0.25, 0.3) is 0 Å². The second-order valence-corrected chi connectivity index (χ2v) is 3.46. The summed E-state index contributed by atoms with van der Waals surface area (Å²) in [6, 6.07) is 1.63. The largest absolute Gasteiger partial charge is 0.477 e. The second-order valence-electron chi connectivity index (χ2n) is 2.20. The molecule has 12 heavy (non-hydrogen) atoms. The molecule has 0 fully saturated rings. The molecule has 0 aliphatic heterocycles. The van der Waals surface area contributed by atoms with Crippen LogP contribution in [-0.4, -0.2) is 11.1 Å². The number of carbonyl (C=O) groups is 1. The van der Waals surface area contributed by atoms with Crippen molar-refractivity contribution in [3.8, 4) is 0 Å². The maximum Gasteiger partial charge on any atom is 0.345 e. The standard InChI is InChI=1S/C7H9NO2S.ClH/c1-4-5(3-8)2-6(11-4)7(9)10;/h2H,3,8H2,1H3,(H,9,10);1H. The van der Waals surface area contributed by atoms with Crippen molar-refractivity contribution < 1.29 is 9.90 Å². The molecule has 1 aromatic heterocycles. The second kappa shape index (κ2) is 4.45. The van der Waals surface area contributed by atoms with Gasteiger partial charge in [-0.15, -0.1) is 23.7 Å². The number of hydrogen-bond donors (Lipinski definition) is 2. The Bertz CT molecular complexity index is 285. The number of thiophene rings is 1. The lowest BCUT2D eigenvalue weighted by Gasteiger charge is -1.88. The molecule has 0 saturated heterocycles. The molecule has 1 aromatic rings. The monoisotopic (exact) mass is 207 g/mol. The van der Waals surface area contributed by atoms with Crippen LogP contribution in [0.3, 0.4) is 0 Å². The quantitative estimate of drug-likeness (QED) is 0.775. The first-order valence-electron chi connectivity index (χ1n) is 3.18. The van der Waals surface area contributed by atoms with Gasteiger partial charge in [-0.3, -0.25) is 0 Å². The lowest BCUT2D eigenvalue weighted by molar-refractivity contribution is 0.0702. The fraction of sp³-hybridized carbons (Fsp3) is 0.286. The van der Waals surface area contributed by atoms with Gasteiger partial charge in [0.1, 0.15) is 4.88 Å². The molecule has 3 nitrogen and oxygen atoms in total. The van der Waals surface area contributed by atoms with Crippen molar-refractivity contribution in [2.45, 2.75) is 13.5 Å². The van der Waals surface area contributed by atoms with Crippen LogP contribution >= 0.6 is 23.7 Å². The van der Waals surface area contributed by atoms with Crippen LogP contribution in [0.15, 0.2) is 6.07 Å². The third kappa shape index (κ3) is 2.20. The SMILES string of the molecule is Cc1sc(C(=O)O)cc1CN.Cl. The Morgan fingerprint density at radius 3 is 2.58 bits per heavy atom. The topological polar surface area (TPSA) is 63.3 Å². The van der Waals surface area contributed by atoms with E-state index in [0.717, 1.165) is 10.4 Å². The minimum Gasteiger partial charge on any atom is -0.477 e. The maximum absolute atomic E-state index is 10.5. The predicted molar refractivity (Wildman–Crippen MR) is 51.2 cm³/mol. The maximum atomic E-state index is 10.5. The zero-order valence-corrected chi connectivity index (χ0v) is 8.17. The molecule has 5 heteroatoms. The number of rotatable bonds is 2. The Morgan fingerprint density at radius 2 is 2.33 bits per heavy atom. The Hall–Kier alpha value is -0.580. The van der Waals surface area contributed by atoms with Crippen LogP contribution in [0.4, 0.5) is 0 Å². The van der Waals surface area contributed by atoms with Crippen molar-refractivity contribution in [3.63, 3.8) is 0 Å². The van der Waals surface area contributed by atoms with E-state index in [0.29, 0.717) is 11.4 Å². The number of carboxylic acids is 1. The molecule has 0 saturated carbocycles. The number of aromatic carboxylic acids is 1. The van der Waals surface area contributed by atoms with E-state index in [1.807, 2.05) is 6.92 Å². The van der Waals surface area contributed by atoms with Gasteiger partial charge in [0, 0.05) is 11.4 Å². The van der Waals surface area contributed by atoms with E-state index in [4.69, 9.17) is 10.8 Å². The van der Waals surface area contributed by atoms with Crippen LogP contribution in [0.2, 0.25) is 0 Å². The van der Waals surface area contributed by atoms with Gasteiger partial charge < -0.3 is 10.8 Å². The summed E-state index contributed by atoms with van der Waals surface area (Å²) in [6.45, 7) is 2.29. The van der Waals surface area contributed by atoms with Crippen molar-refractivity contribution in [2.24, 2.45) is 5.73 Å². The Balaban J connectivity index is 0.00000121. The van der Waals surface area contributed by atoms with E-state index in [-0.39, 0.29) is 12.4 Å². The van der Waals surface area contributed by atoms with E-state index in [1.165, 1.54) is 11.3 Å². The van der Waals surface area contributed by atoms with Gasteiger partial charge in [0.15, 0.2) is 0 Å². The third-order valence-corrected chi connectivity index (χ3v) is 2.53. The van der Waals surface area contributed by atoms with E-state index in [2.05, 4.69) is 0 Å². The molecular formula is C7H10ClNO2S. The van der Waals surface area contributed by atoms with Crippen LogP contribution < -0.4 is 5.73 Å². The zero-order valence-electron chi connectivity index (χ0n) is 6.53. The van der Waals surface area contributed by atoms with E-state index in [1.54, 1.807) is 6.07 Å². The number of halogens is 1. The first-order valence-corrected chi connectivity index (χ1v) is 3.99. The molecular weight excluding hydrogens is 198 g/mol. The number of hydrogen-bond acceptors (Lipinski definition) is 3. The lowest BCUT2D eigenvalue weighted by atomic mass is 10.2. The Morgan fingerprint density at radius 1 is 1.75 bits per heavy atom. The molecule has 0 bridgehead atoms. The molecule has 0 aliphatic carbocycles. The van der Waals surface area contributed by atoms with Crippen molar-refractivity contribution in [1.82, 2.24) is 0 Å². The van der Waals surface area contributed by atoms with Crippen LogP contribution in [-0.2, 0) is 6.54 Å². The highest BCUT2D eigenvalue weighted by atomic mass is 35.5. The molecule has 1 rings (SSSR count). The van der Waals surface area contributed by atoms with Gasteiger partial charge in [-0.2, -0.15) is 0 Å². The van der Waals surface area contributed by atoms with Gasteiger partial charge in [-0.05, 0) is 18.6 Å². The van der Waals surface area contributed by atoms with Crippen molar-refractivity contribution in [3.05, 3.63) is 21.4 Å². The predicted octanol–water partition coefficient (Wildman–Crippen LogP) is 1.64. The molecule has 0 unspecified atom stereocenters. The molecule has 0 aromatic carbocycles. The van der Waals surface area contributed by atoms with Crippen LogP contribution in [0, 0.1) is 6.92 Å². The fourth-order valence-electron chi connectivity index (χ4n) is 0.828. The highest BCUT2D eigenvalue weighted by molar-refractivity contribution is 7.14. The lowest BCUT2D eigenvalue weighted by Crippen LogP contribution is -1.96. The van der Waals surface area contributed by atoms with Gasteiger partial charge in [0.2, 0.25) is 0 Å². The molecule has 3 N–H and O–H groups in total. The van der Waals surface area contributed by atoms with E-state index >= 15 is 0 Å². The fourth-order valence-corrected chi connectivity index (χ4v) is 1.72. The van der Waals surface area contributed by atoms with Gasteiger partial charge in [0.05, 0.1) is 0 Å². The minimum absolute atomic E-state index is 0. The number of nitrogens with two attached hydrogens (primary N) is 1. The average Bonchev–Trinajstić information content (AvgIpc) is 2.31. The van der Waals surface area contributed by atoms with Gasteiger partial charge >= 0.3 is 5.97 Å². The van der Waals surface area contributed by atoms with Gasteiger partial charge in [0.25, 0.3) is 0 Å². The summed E-state index contributed by atoms with van der Waals surface area (Å²) in [5, 5.41) is 8.59. The van der Waals surface area contributed by atoms with Crippen molar-refractivity contribution >= 4 is 29.7 Å². The molecule has 0 atom stereocenters. The number of carboxylic acid groups (broad SMARTS) is 1. The van der Waals surface area contributed by atoms with Crippen molar-refractivity contribution in [2.75, 3.05) is 0 Å². The summed E-state index contributed by atoms with van der Waals surface area (Å²) in [4.78, 5) is 11.8. The van der Waals surface area contributed by atoms with E-state index < -0.39 is 5.97 Å². The van der Waals surface area contributed by atoms with Crippen molar-refractivity contribution in [1.29, 1.82) is 0 Å². The highest BCUT2D eigenvalue weighted by Crippen LogP contribution is 2.20. The summed E-state index contributed by atoms with van der Waals surface area (Å²) in [7, 11) is 0. The molecule has 0 aliphatic rings. The van der Waals surface area contributed by atoms with E-state index in [9.17, 15) is 4.79 Å².